The second-order valence-corrected chi connectivity index (χ2v) is 6.93. The summed E-state index contributed by atoms with van der Waals surface area (Å²) in [7, 11) is 0. The van der Waals surface area contributed by atoms with Gasteiger partial charge in [0, 0.05) is 18.1 Å². The largest absolute Gasteiger partial charge is 0.357 e. The second-order valence-electron chi connectivity index (χ2n) is 6.49. The molecule has 0 bridgehead atoms. The van der Waals surface area contributed by atoms with Crippen molar-refractivity contribution in [2.45, 2.75) is 39.7 Å². The Balaban J connectivity index is 0.00000312. The van der Waals surface area contributed by atoms with Gasteiger partial charge >= 0.3 is 0 Å². The summed E-state index contributed by atoms with van der Waals surface area (Å²) >= 11 is 6.03. The van der Waals surface area contributed by atoms with Crippen molar-refractivity contribution in [2.75, 3.05) is 32.7 Å². The van der Waals surface area contributed by atoms with Gasteiger partial charge in [0.15, 0.2) is 5.96 Å². The molecule has 1 fully saturated rings. The molecule has 0 radical (unpaired) electrons. The number of nitrogens with zero attached hydrogens (tertiary/aromatic N) is 2. The summed E-state index contributed by atoms with van der Waals surface area (Å²) in [4.78, 5) is 7.26. The molecule has 0 aliphatic carbocycles. The van der Waals surface area contributed by atoms with Gasteiger partial charge in [0.25, 0.3) is 0 Å². The number of hydrogen-bond acceptors (Lipinski definition) is 2. The Bertz CT molecular complexity index is 516. The van der Waals surface area contributed by atoms with Crippen LogP contribution in [0.1, 0.15) is 38.7 Å². The molecule has 0 atom stereocenters. The average Bonchev–Trinajstić information content (AvgIpc) is 2.59. The highest BCUT2D eigenvalue weighted by atomic mass is 127. The molecule has 0 unspecified atom stereocenters. The Morgan fingerprint density at radius 1 is 1.24 bits per heavy atom. The third kappa shape index (κ3) is 8.60. The molecule has 6 heteroatoms. The minimum absolute atomic E-state index is 0. The van der Waals surface area contributed by atoms with E-state index in [2.05, 4.69) is 40.4 Å². The van der Waals surface area contributed by atoms with Crippen LogP contribution in [0.4, 0.5) is 0 Å². The molecule has 0 saturated carbocycles. The van der Waals surface area contributed by atoms with Gasteiger partial charge in [-0.3, -0.25) is 0 Å². The zero-order valence-corrected chi connectivity index (χ0v) is 18.5. The first-order chi connectivity index (χ1) is 11.7. The van der Waals surface area contributed by atoms with Crippen LogP contribution < -0.4 is 10.6 Å². The maximum atomic E-state index is 6.03. The lowest BCUT2D eigenvalue weighted by Crippen LogP contribution is -2.43. The maximum Gasteiger partial charge on any atom is 0.191 e. The van der Waals surface area contributed by atoms with E-state index in [1.165, 1.54) is 38.9 Å². The number of halogens is 2. The van der Waals surface area contributed by atoms with E-state index < -0.39 is 0 Å². The van der Waals surface area contributed by atoms with E-state index in [0.717, 1.165) is 35.6 Å². The fourth-order valence-corrected chi connectivity index (χ4v) is 3.33. The first-order valence-corrected chi connectivity index (χ1v) is 9.58. The number of hydrogen-bond donors (Lipinski definition) is 2. The van der Waals surface area contributed by atoms with Crippen LogP contribution in [-0.2, 0) is 6.54 Å². The lowest BCUT2D eigenvalue weighted by Gasteiger charge is -2.32. The van der Waals surface area contributed by atoms with E-state index in [-0.39, 0.29) is 24.0 Å². The van der Waals surface area contributed by atoms with Crippen molar-refractivity contribution in [1.29, 1.82) is 0 Å². The maximum absolute atomic E-state index is 6.03. The second kappa shape index (κ2) is 12.8. The fourth-order valence-electron chi connectivity index (χ4n) is 3.12. The molecule has 142 valence electrons. The molecule has 2 N–H and O–H groups in total. The van der Waals surface area contributed by atoms with Crippen molar-refractivity contribution in [3.05, 3.63) is 34.9 Å². The predicted octanol–water partition coefficient (Wildman–Crippen LogP) is 4.14. The van der Waals surface area contributed by atoms with Gasteiger partial charge in [-0.05, 0) is 69.4 Å². The van der Waals surface area contributed by atoms with Crippen molar-refractivity contribution in [2.24, 2.45) is 10.9 Å². The highest BCUT2D eigenvalue weighted by Crippen LogP contribution is 2.16. The minimum Gasteiger partial charge on any atom is -0.357 e. The highest BCUT2D eigenvalue weighted by Gasteiger charge is 2.18. The highest BCUT2D eigenvalue weighted by molar-refractivity contribution is 14.0. The molecule has 1 heterocycles. The molecule has 25 heavy (non-hydrogen) atoms. The van der Waals surface area contributed by atoms with Crippen molar-refractivity contribution in [1.82, 2.24) is 15.5 Å². The van der Waals surface area contributed by atoms with Gasteiger partial charge in [-0.25, -0.2) is 4.99 Å². The summed E-state index contributed by atoms with van der Waals surface area (Å²) in [6, 6.07) is 7.89. The quantitative estimate of drug-likeness (QED) is 0.352. The SMILES string of the molecule is CCCN1CCC(CNC(=NCc2cccc(Cl)c2)NCC)CC1.I. The summed E-state index contributed by atoms with van der Waals surface area (Å²) in [5, 5.41) is 7.60. The standard InChI is InChI=1S/C19H31ClN4.HI/c1-3-10-24-11-8-16(9-12-24)14-22-19(21-4-2)23-15-17-6-5-7-18(20)13-17;/h5-7,13,16H,3-4,8-12,14-15H2,1-2H3,(H2,21,22,23);1H. The summed E-state index contributed by atoms with van der Waals surface area (Å²) in [6.07, 6.45) is 3.81. The van der Waals surface area contributed by atoms with Crippen molar-refractivity contribution >= 4 is 41.5 Å². The topological polar surface area (TPSA) is 39.7 Å². The van der Waals surface area contributed by atoms with E-state index in [1.807, 2.05) is 18.2 Å². The summed E-state index contributed by atoms with van der Waals surface area (Å²) in [6.45, 7) is 10.6. The number of benzene rings is 1. The number of nitrogens with one attached hydrogen (secondary N) is 2. The van der Waals surface area contributed by atoms with E-state index in [9.17, 15) is 0 Å². The molecule has 1 aliphatic rings. The fraction of sp³-hybridized carbons (Fsp3) is 0.632. The Morgan fingerprint density at radius 2 is 2.00 bits per heavy atom. The van der Waals surface area contributed by atoms with Gasteiger partial charge in [0.2, 0.25) is 0 Å². The van der Waals surface area contributed by atoms with E-state index >= 15 is 0 Å². The summed E-state index contributed by atoms with van der Waals surface area (Å²) in [5.74, 6) is 1.64. The Kier molecular flexibility index (Phi) is 11.5. The molecule has 0 amide bonds. The molecule has 0 aromatic heterocycles. The molecule has 1 saturated heterocycles. The van der Waals surface area contributed by atoms with Crippen LogP contribution in [0.25, 0.3) is 0 Å². The number of guanidine groups is 1. The van der Waals surface area contributed by atoms with Crippen molar-refractivity contribution < 1.29 is 0 Å². The van der Waals surface area contributed by atoms with Crippen molar-refractivity contribution in [3.63, 3.8) is 0 Å². The monoisotopic (exact) mass is 478 g/mol. The molecule has 2 rings (SSSR count). The van der Waals surface area contributed by atoms with Crippen LogP contribution >= 0.6 is 35.6 Å². The minimum atomic E-state index is 0. The van der Waals surface area contributed by atoms with Gasteiger partial charge in [-0.15, -0.1) is 24.0 Å². The third-order valence-electron chi connectivity index (χ3n) is 4.46. The van der Waals surface area contributed by atoms with Gasteiger partial charge in [0.05, 0.1) is 6.54 Å². The number of likely N-dealkylation sites (tertiary alicyclic amines) is 1. The first kappa shape index (κ1) is 22.5. The van der Waals surface area contributed by atoms with Crippen LogP contribution in [0.5, 0.6) is 0 Å². The van der Waals surface area contributed by atoms with Crippen LogP contribution in [0.3, 0.4) is 0 Å². The molecular weight excluding hydrogens is 447 g/mol. The lowest BCUT2D eigenvalue weighted by molar-refractivity contribution is 0.185. The first-order valence-electron chi connectivity index (χ1n) is 9.20. The Hall–Kier alpha value is -0.530. The molecule has 4 nitrogen and oxygen atoms in total. The zero-order valence-electron chi connectivity index (χ0n) is 15.4. The lowest BCUT2D eigenvalue weighted by atomic mass is 9.97. The number of piperidine rings is 1. The number of rotatable bonds is 7. The van der Waals surface area contributed by atoms with E-state index in [0.29, 0.717) is 6.54 Å². The Labute approximate surface area is 174 Å². The zero-order chi connectivity index (χ0) is 17.2. The third-order valence-corrected chi connectivity index (χ3v) is 4.69. The molecule has 0 spiro atoms. The molecular formula is C19H32ClIN4. The van der Waals surface area contributed by atoms with Crippen molar-refractivity contribution in [3.8, 4) is 0 Å². The van der Waals surface area contributed by atoms with E-state index in [4.69, 9.17) is 11.6 Å². The predicted molar refractivity (Wildman–Crippen MR) is 119 cm³/mol. The van der Waals surface area contributed by atoms with Gasteiger partial charge in [-0.1, -0.05) is 30.7 Å². The van der Waals surface area contributed by atoms with Gasteiger partial charge in [0.1, 0.15) is 0 Å². The average molecular weight is 479 g/mol. The number of aliphatic imine (C=N–C) groups is 1. The summed E-state index contributed by atoms with van der Waals surface area (Å²) < 4.78 is 0. The van der Waals surface area contributed by atoms with Gasteiger partial charge in [-0.2, -0.15) is 0 Å². The normalized spacial score (nSPS) is 16.4. The van der Waals surface area contributed by atoms with Crippen LogP contribution in [0.15, 0.2) is 29.3 Å². The smallest absolute Gasteiger partial charge is 0.191 e. The Morgan fingerprint density at radius 3 is 2.64 bits per heavy atom. The van der Waals surface area contributed by atoms with Crippen LogP contribution in [0, 0.1) is 5.92 Å². The molecule has 1 aliphatic heterocycles. The molecule has 1 aromatic rings. The van der Waals surface area contributed by atoms with Crippen LogP contribution in [-0.4, -0.2) is 43.6 Å². The van der Waals surface area contributed by atoms with Crippen LogP contribution in [0.2, 0.25) is 5.02 Å². The van der Waals surface area contributed by atoms with Gasteiger partial charge < -0.3 is 15.5 Å². The van der Waals surface area contributed by atoms with E-state index in [1.54, 1.807) is 0 Å². The summed E-state index contributed by atoms with van der Waals surface area (Å²) in [5.41, 5.74) is 1.13. The molecule has 1 aromatic carbocycles.